The van der Waals surface area contributed by atoms with Gasteiger partial charge in [0.2, 0.25) is 5.91 Å². The van der Waals surface area contributed by atoms with E-state index in [4.69, 9.17) is 0 Å². The number of aromatic nitrogens is 4. The van der Waals surface area contributed by atoms with Crippen molar-refractivity contribution in [3.8, 4) is 0 Å². The van der Waals surface area contributed by atoms with Gasteiger partial charge in [-0.25, -0.2) is 9.97 Å². The van der Waals surface area contributed by atoms with Crippen molar-refractivity contribution in [2.45, 2.75) is 39.2 Å². The van der Waals surface area contributed by atoms with E-state index in [9.17, 15) is 4.79 Å². The molecule has 1 fully saturated rings. The summed E-state index contributed by atoms with van der Waals surface area (Å²) in [5.41, 5.74) is 0.779. The van der Waals surface area contributed by atoms with Gasteiger partial charge < -0.3 is 15.5 Å². The van der Waals surface area contributed by atoms with Crippen molar-refractivity contribution in [3.05, 3.63) is 36.7 Å². The first-order valence-electron chi connectivity index (χ1n) is 9.57. The Morgan fingerprint density at radius 1 is 1.22 bits per heavy atom. The highest BCUT2D eigenvalue weighted by molar-refractivity contribution is 5.75. The van der Waals surface area contributed by atoms with Gasteiger partial charge >= 0.3 is 0 Å². The van der Waals surface area contributed by atoms with Crippen molar-refractivity contribution in [1.29, 1.82) is 0 Å². The molecule has 2 N–H and O–H groups in total. The van der Waals surface area contributed by atoms with Crippen LogP contribution in [0.25, 0.3) is 0 Å². The highest BCUT2D eigenvalue weighted by Crippen LogP contribution is 2.25. The lowest BCUT2D eigenvalue weighted by atomic mass is 9.92. The van der Waals surface area contributed by atoms with Gasteiger partial charge in [0, 0.05) is 44.5 Å². The Hall–Kier alpha value is -2.77. The highest BCUT2D eigenvalue weighted by atomic mass is 16.1. The van der Waals surface area contributed by atoms with E-state index in [1.165, 1.54) is 0 Å². The molecule has 0 atom stereocenters. The van der Waals surface area contributed by atoms with Gasteiger partial charge in [0.05, 0.1) is 18.4 Å². The minimum absolute atomic E-state index is 0.0779. The molecule has 0 spiro atoms. The average Bonchev–Trinajstić information content (AvgIpc) is 2.72. The molecular weight excluding hydrogens is 342 g/mol. The molecule has 2 aromatic heterocycles. The summed E-state index contributed by atoms with van der Waals surface area (Å²) in [5, 5.41) is 6.14. The van der Waals surface area contributed by atoms with E-state index in [1.807, 2.05) is 6.07 Å². The maximum atomic E-state index is 12.1. The predicted molar refractivity (Wildman–Crippen MR) is 104 cm³/mol. The van der Waals surface area contributed by atoms with Crippen LogP contribution in [0, 0.1) is 5.92 Å². The van der Waals surface area contributed by atoms with E-state index in [2.05, 4.69) is 42.4 Å². The Morgan fingerprint density at radius 3 is 2.81 bits per heavy atom. The van der Waals surface area contributed by atoms with Crippen LogP contribution in [0.4, 0.5) is 11.6 Å². The Morgan fingerprint density at radius 2 is 2.07 bits per heavy atom. The Balaban J connectivity index is 1.38. The van der Waals surface area contributed by atoms with E-state index in [0.29, 0.717) is 18.9 Å². The molecule has 0 radical (unpaired) electrons. The van der Waals surface area contributed by atoms with E-state index in [0.717, 1.165) is 56.2 Å². The SMILES string of the molecule is CCNc1cc(N2CCC(CCC(=O)NCc3cnccn3)CC2)ncn1. The van der Waals surface area contributed by atoms with Gasteiger partial charge in [0.15, 0.2) is 0 Å². The van der Waals surface area contributed by atoms with Crippen molar-refractivity contribution in [2.75, 3.05) is 29.9 Å². The number of nitrogens with one attached hydrogen (secondary N) is 2. The fraction of sp³-hybridized carbons (Fsp3) is 0.526. The summed E-state index contributed by atoms with van der Waals surface area (Å²) in [6.45, 7) is 5.27. The first kappa shape index (κ1) is 19.0. The number of anilines is 2. The summed E-state index contributed by atoms with van der Waals surface area (Å²) in [5.74, 6) is 2.50. The molecule has 144 valence electrons. The largest absolute Gasteiger partial charge is 0.370 e. The maximum absolute atomic E-state index is 12.1. The van der Waals surface area contributed by atoms with Crippen molar-refractivity contribution < 1.29 is 4.79 Å². The Bertz CT molecular complexity index is 717. The highest BCUT2D eigenvalue weighted by Gasteiger charge is 2.21. The molecule has 0 saturated carbocycles. The topological polar surface area (TPSA) is 95.9 Å². The van der Waals surface area contributed by atoms with E-state index >= 15 is 0 Å². The molecule has 8 nitrogen and oxygen atoms in total. The van der Waals surface area contributed by atoms with Crippen molar-refractivity contribution in [2.24, 2.45) is 5.92 Å². The van der Waals surface area contributed by atoms with Crippen molar-refractivity contribution in [1.82, 2.24) is 25.3 Å². The summed E-state index contributed by atoms with van der Waals surface area (Å²) < 4.78 is 0. The molecule has 3 heterocycles. The third kappa shape index (κ3) is 5.87. The van der Waals surface area contributed by atoms with Gasteiger partial charge in [-0.2, -0.15) is 0 Å². The van der Waals surface area contributed by atoms with Crippen LogP contribution in [0.3, 0.4) is 0 Å². The quantitative estimate of drug-likeness (QED) is 0.735. The second-order valence-electron chi connectivity index (χ2n) is 6.73. The van der Waals surface area contributed by atoms with Gasteiger partial charge in [-0.3, -0.25) is 14.8 Å². The first-order valence-corrected chi connectivity index (χ1v) is 9.57. The molecule has 1 saturated heterocycles. The average molecular weight is 369 g/mol. The van der Waals surface area contributed by atoms with E-state index < -0.39 is 0 Å². The summed E-state index contributed by atoms with van der Waals surface area (Å²) in [7, 11) is 0. The maximum Gasteiger partial charge on any atom is 0.220 e. The third-order valence-electron chi connectivity index (χ3n) is 4.81. The smallest absolute Gasteiger partial charge is 0.220 e. The van der Waals surface area contributed by atoms with Crippen molar-refractivity contribution in [3.63, 3.8) is 0 Å². The third-order valence-corrected chi connectivity index (χ3v) is 4.81. The number of piperidine rings is 1. The number of amides is 1. The van der Waals surface area contributed by atoms with Gasteiger partial charge in [0.25, 0.3) is 0 Å². The fourth-order valence-corrected chi connectivity index (χ4v) is 3.28. The van der Waals surface area contributed by atoms with Gasteiger partial charge in [-0.15, -0.1) is 0 Å². The molecule has 1 aliphatic rings. The Labute approximate surface area is 159 Å². The van der Waals surface area contributed by atoms with E-state index in [1.54, 1.807) is 24.9 Å². The molecule has 27 heavy (non-hydrogen) atoms. The number of hydrogen-bond donors (Lipinski definition) is 2. The van der Waals surface area contributed by atoms with Crippen molar-refractivity contribution >= 4 is 17.5 Å². The number of nitrogens with zero attached hydrogens (tertiary/aromatic N) is 5. The molecule has 0 aliphatic carbocycles. The van der Waals surface area contributed by atoms with Gasteiger partial charge in [0.1, 0.15) is 18.0 Å². The first-order chi connectivity index (χ1) is 13.2. The summed E-state index contributed by atoms with van der Waals surface area (Å²) in [4.78, 5) is 31.1. The van der Waals surface area contributed by atoms with Crippen LogP contribution in [-0.4, -0.2) is 45.5 Å². The molecule has 1 aliphatic heterocycles. The second-order valence-corrected chi connectivity index (χ2v) is 6.73. The van der Waals surface area contributed by atoms with Crippen LogP contribution in [0.1, 0.15) is 38.3 Å². The van der Waals surface area contributed by atoms with Gasteiger partial charge in [-0.1, -0.05) is 0 Å². The van der Waals surface area contributed by atoms with Crippen LogP contribution < -0.4 is 15.5 Å². The second kappa shape index (κ2) is 9.80. The molecule has 0 aromatic carbocycles. The summed E-state index contributed by atoms with van der Waals surface area (Å²) in [6.07, 6.45) is 10.2. The van der Waals surface area contributed by atoms with Crippen LogP contribution in [-0.2, 0) is 11.3 Å². The summed E-state index contributed by atoms with van der Waals surface area (Å²) >= 11 is 0. The lowest BCUT2D eigenvalue weighted by Crippen LogP contribution is -2.34. The number of rotatable bonds is 8. The van der Waals surface area contributed by atoms with Crippen LogP contribution in [0.5, 0.6) is 0 Å². The zero-order chi connectivity index (χ0) is 18.9. The molecule has 8 heteroatoms. The molecular formula is C19H27N7O. The molecule has 2 aromatic rings. The number of carbonyl (C=O) groups is 1. The standard InChI is InChI=1S/C19H27N7O/c1-2-21-17-11-18(25-14-24-17)26-9-5-15(6-10-26)3-4-19(27)23-13-16-12-20-7-8-22-16/h7-8,11-12,14-15H,2-6,9-10,13H2,1H3,(H,23,27)(H,21,24,25). The normalized spacial score (nSPS) is 14.8. The lowest BCUT2D eigenvalue weighted by molar-refractivity contribution is -0.121. The molecule has 0 unspecified atom stereocenters. The zero-order valence-corrected chi connectivity index (χ0v) is 15.8. The Kier molecular flexibility index (Phi) is 6.90. The predicted octanol–water partition coefficient (Wildman–Crippen LogP) is 2.01. The van der Waals surface area contributed by atoms with Crippen LogP contribution in [0.2, 0.25) is 0 Å². The fourth-order valence-electron chi connectivity index (χ4n) is 3.28. The summed E-state index contributed by atoms with van der Waals surface area (Å²) in [6, 6.07) is 2.00. The van der Waals surface area contributed by atoms with E-state index in [-0.39, 0.29) is 5.91 Å². The number of hydrogen-bond acceptors (Lipinski definition) is 7. The molecule has 0 bridgehead atoms. The van der Waals surface area contributed by atoms with Gasteiger partial charge in [-0.05, 0) is 32.1 Å². The van der Waals surface area contributed by atoms with Crippen LogP contribution in [0.15, 0.2) is 31.0 Å². The minimum atomic E-state index is 0.0779. The molecule has 3 rings (SSSR count). The minimum Gasteiger partial charge on any atom is -0.370 e. The molecule has 1 amide bonds. The van der Waals surface area contributed by atoms with Crippen LogP contribution >= 0.6 is 0 Å². The zero-order valence-electron chi connectivity index (χ0n) is 15.8. The lowest BCUT2D eigenvalue weighted by Gasteiger charge is -2.32. The number of carbonyl (C=O) groups excluding carboxylic acids is 1. The monoisotopic (exact) mass is 369 g/mol.